The van der Waals surface area contributed by atoms with E-state index in [1.807, 2.05) is 0 Å². The van der Waals surface area contributed by atoms with E-state index < -0.39 is 43.1 Å². The summed E-state index contributed by atoms with van der Waals surface area (Å²) in [5, 5.41) is 38.8. The quantitative estimate of drug-likeness (QED) is 0.179. The summed E-state index contributed by atoms with van der Waals surface area (Å²) in [6.07, 6.45) is -2.17. The summed E-state index contributed by atoms with van der Waals surface area (Å²) in [5.74, 6) is -0.0643. The number of aromatic nitrogens is 4. The Morgan fingerprint density at radius 2 is 1.97 bits per heavy atom. The van der Waals surface area contributed by atoms with Crippen LogP contribution in [0, 0.1) is 0 Å². The predicted octanol–water partition coefficient (Wildman–Crippen LogP) is -0.353. The summed E-state index contributed by atoms with van der Waals surface area (Å²) in [6, 6.07) is 0. The fourth-order valence-corrected chi connectivity index (χ4v) is 4.36. The van der Waals surface area contributed by atoms with Gasteiger partial charge in [0.25, 0.3) is 12.1 Å². The number of ether oxygens (including phenoxy) is 1. The van der Waals surface area contributed by atoms with E-state index in [1.165, 1.54) is 24.7 Å². The van der Waals surface area contributed by atoms with E-state index in [-0.39, 0.29) is 29.8 Å². The monoisotopic (exact) mass is 462 g/mol. The van der Waals surface area contributed by atoms with Gasteiger partial charge in [-0.15, -0.1) is 0 Å². The molecule has 0 amide bonds. The molecule has 0 saturated carbocycles. The van der Waals surface area contributed by atoms with Crippen LogP contribution in [0.4, 0.5) is 5.82 Å². The maximum absolute atomic E-state index is 12.5. The average molecular weight is 462 g/mol. The smallest absolute Gasteiger partial charge is 0.359 e. The van der Waals surface area contributed by atoms with Crippen LogP contribution in [0.15, 0.2) is 12.7 Å². The molecule has 1 fully saturated rings. The fraction of sp³-hybridized carbons (Fsp3) is 0.706. The van der Waals surface area contributed by atoms with Crippen molar-refractivity contribution in [2.75, 3.05) is 5.73 Å². The zero-order valence-corrected chi connectivity index (χ0v) is 18.5. The number of hydrogen-bond donors (Lipinski definition) is 6. The average Bonchev–Trinajstić information content (AvgIpc) is 3.20. The third-order valence-electron chi connectivity index (χ3n) is 5.57. The minimum atomic E-state index is -4.42. The number of nitrogens with two attached hydrogens (primary N) is 1. The van der Waals surface area contributed by atoms with Gasteiger partial charge in [0, 0.05) is 6.42 Å². The van der Waals surface area contributed by atoms with Gasteiger partial charge >= 0.3 is 7.60 Å². The molecule has 3 heterocycles. The van der Waals surface area contributed by atoms with Crippen molar-refractivity contribution in [2.45, 2.75) is 76.0 Å². The Balaban J connectivity index is 1.85. The van der Waals surface area contributed by atoms with E-state index in [2.05, 4.69) is 9.97 Å². The van der Waals surface area contributed by atoms with Gasteiger partial charge in [-0.25, -0.2) is 4.98 Å². The van der Waals surface area contributed by atoms with Gasteiger partial charge in [-0.1, -0.05) is 16.6 Å². The largest absolute Gasteiger partial charge is 0.388 e. The van der Waals surface area contributed by atoms with E-state index in [4.69, 9.17) is 15.0 Å². The first-order valence-electron chi connectivity index (χ1n) is 9.70. The molecule has 0 aromatic carbocycles. The maximum atomic E-state index is 12.5. The number of fused-ring (bicyclic) bond motifs is 1. The van der Waals surface area contributed by atoms with Gasteiger partial charge in [-0.05, 0) is 27.2 Å². The molecule has 0 aliphatic carbocycles. The molecular weight excluding hydrogens is 433 g/mol. The van der Waals surface area contributed by atoms with Crippen molar-refractivity contribution in [3.8, 4) is 0 Å². The van der Waals surface area contributed by atoms with Gasteiger partial charge in [-0.2, -0.15) is 0 Å². The molecule has 14 heteroatoms. The minimum absolute atomic E-state index is 0.0440. The highest BCUT2D eigenvalue weighted by atomic mass is 31.2. The van der Waals surface area contributed by atoms with Crippen molar-refractivity contribution in [1.29, 1.82) is 0 Å². The topological polar surface area (TPSA) is 197 Å². The fourth-order valence-electron chi connectivity index (χ4n) is 3.34. The second-order valence-corrected chi connectivity index (χ2v) is 10.8. The van der Waals surface area contributed by atoms with Crippen LogP contribution in [0.1, 0.15) is 46.8 Å². The molecule has 3 rings (SSSR count). The number of aliphatic hydroxyl groups is 3. The Labute approximate surface area is 178 Å². The zero-order chi connectivity index (χ0) is 23.4. The lowest BCUT2D eigenvalue weighted by molar-refractivity contribution is -0.894. The van der Waals surface area contributed by atoms with E-state index in [9.17, 15) is 30.0 Å². The number of hydrogen-bond acceptors (Lipinski definition) is 10. The standard InChI is InChI=1S/C17H28N5O8P/c1-5-17(4,30-31(27,28)16(2,3)25)6-9-11(23)12(24)15(29-9)21-7-19-10-13(18)22(26)8-20-14(10)21/h7-9,11-12,15,18,23-26H,5-6H2,1-4H3,(H,27,28)/p+1/t9-,11-,12-,15-,17?/m1/s1. The van der Waals surface area contributed by atoms with Crippen molar-refractivity contribution in [3.63, 3.8) is 0 Å². The molecule has 0 bridgehead atoms. The van der Waals surface area contributed by atoms with Crippen molar-refractivity contribution < 1.29 is 44.0 Å². The van der Waals surface area contributed by atoms with Crippen LogP contribution in [0.25, 0.3) is 11.2 Å². The van der Waals surface area contributed by atoms with Gasteiger partial charge in [0.05, 0.1) is 11.7 Å². The summed E-state index contributed by atoms with van der Waals surface area (Å²) < 4.78 is 25.7. The third kappa shape index (κ3) is 4.27. The molecule has 13 nitrogen and oxygen atoms in total. The predicted molar refractivity (Wildman–Crippen MR) is 106 cm³/mol. The molecule has 1 aliphatic heterocycles. The zero-order valence-electron chi connectivity index (χ0n) is 17.7. The number of nitrogen functional groups attached to an aromatic ring is 1. The highest BCUT2D eigenvalue weighted by Gasteiger charge is 2.50. The van der Waals surface area contributed by atoms with Gasteiger partial charge in [0.1, 0.15) is 18.5 Å². The highest BCUT2D eigenvalue weighted by Crippen LogP contribution is 2.57. The lowest BCUT2D eigenvalue weighted by Gasteiger charge is -2.36. The number of anilines is 1. The lowest BCUT2D eigenvalue weighted by atomic mass is 9.93. The second-order valence-electron chi connectivity index (χ2n) is 8.46. The van der Waals surface area contributed by atoms with Crippen LogP contribution in [-0.4, -0.2) is 69.2 Å². The van der Waals surface area contributed by atoms with E-state index >= 15 is 0 Å². The van der Waals surface area contributed by atoms with Gasteiger partial charge < -0.3 is 40.4 Å². The first-order chi connectivity index (χ1) is 14.2. The Morgan fingerprint density at radius 1 is 1.32 bits per heavy atom. The molecule has 174 valence electrons. The van der Waals surface area contributed by atoms with E-state index in [1.54, 1.807) is 13.8 Å². The van der Waals surface area contributed by atoms with Crippen LogP contribution in [-0.2, 0) is 13.8 Å². The minimum Gasteiger partial charge on any atom is -0.388 e. The Bertz CT molecular complexity index is 1010. The number of rotatable bonds is 7. The number of nitrogens with zero attached hydrogens (tertiary/aromatic N) is 4. The van der Waals surface area contributed by atoms with Crippen molar-refractivity contribution in [1.82, 2.24) is 14.5 Å². The number of imidazole rings is 1. The lowest BCUT2D eigenvalue weighted by Crippen LogP contribution is -2.39. The molecule has 2 aromatic rings. The molecule has 2 unspecified atom stereocenters. The third-order valence-corrected chi connectivity index (χ3v) is 7.65. The Kier molecular flexibility index (Phi) is 6.08. The van der Waals surface area contributed by atoms with Gasteiger partial charge in [-0.3, -0.25) is 9.13 Å². The van der Waals surface area contributed by atoms with Crippen LogP contribution in [0.3, 0.4) is 0 Å². The van der Waals surface area contributed by atoms with Crippen molar-refractivity contribution in [2.24, 2.45) is 0 Å². The molecule has 6 atom stereocenters. The molecular formula is C17H29N5O8P+. The normalized spacial score (nSPS) is 28.5. The van der Waals surface area contributed by atoms with Crippen molar-refractivity contribution in [3.05, 3.63) is 12.7 Å². The number of aliphatic hydroxyl groups excluding tert-OH is 2. The van der Waals surface area contributed by atoms with E-state index in [0.717, 1.165) is 6.33 Å². The van der Waals surface area contributed by atoms with Crippen LogP contribution >= 0.6 is 7.60 Å². The van der Waals surface area contributed by atoms with Gasteiger partial charge in [0.15, 0.2) is 11.6 Å². The first kappa shape index (κ1) is 23.8. The summed E-state index contributed by atoms with van der Waals surface area (Å²) in [4.78, 5) is 18.3. The molecule has 1 saturated heterocycles. The Morgan fingerprint density at radius 3 is 2.55 bits per heavy atom. The Hall–Kier alpha value is -1.86. The summed E-state index contributed by atoms with van der Waals surface area (Å²) in [5.41, 5.74) is 4.92. The van der Waals surface area contributed by atoms with Gasteiger partial charge in [0.2, 0.25) is 11.2 Å². The first-order valence-corrected chi connectivity index (χ1v) is 11.3. The molecule has 0 spiro atoms. The molecule has 2 aromatic heterocycles. The second kappa shape index (κ2) is 7.93. The highest BCUT2D eigenvalue weighted by molar-refractivity contribution is 7.54. The van der Waals surface area contributed by atoms with E-state index in [0.29, 0.717) is 4.73 Å². The van der Waals surface area contributed by atoms with Crippen LogP contribution < -0.4 is 10.5 Å². The summed E-state index contributed by atoms with van der Waals surface area (Å²) in [6.45, 7) is 5.62. The SMILES string of the molecule is CCC(C)(C[C@H]1O[C@@H](n2cnc3c(N)[n+](O)cnc32)[C@H](O)[C@@H]1O)OP(=O)(O)C(C)(C)O. The molecule has 7 N–H and O–H groups in total. The molecule has 0 radical (unpaired) electrons. The molecule has 31 heavy (non-hydrogen) atoms. The molecule has 1 aliphatic rings. The van der Waals surface area contributed by atoms with Crippen molar-refractivity contribution >= 4 is 24.6 Å². The van der Waals surface area contributed by atoms with Crippen LogP contribution in [0.5, 0.6) is 0 Å². The van der Waals surface area contributed by atoms with Crippen LogP contribution in [0.2, 0.25) is 0 Å². The summed E-state index contributed by atoms with van der Waals surface area (Å²) in [7, 11) is -4.42. The maximum Gasteiger partial charge on any atom is 0.359 e. The summed E-state index contributed by atoms with van der Waals surface area (Å²) >= 11 is 0.